The van der Waals surface area contributed by atoms with Crippen molar-refractivity contribution in [3.05, 3.63) is 87.3 Å². The number of carbonyl (C=O) groups is 1. The highest BCUT2D eigenvalue weighted by Crippen LogP contribution is 2.36. The average molecular weight is 519 g/mol. The van der Waals surface area contributed by atoms with E-state index in [9.17, 15) is 31.2 Å². The van der Waals surface area contributed by atoms with Crippen molar-refractivity contribution in [1.82, 2.24) is 9.88 Å². The highest BCUT2D eigenvalue weighted by atomic mass is 32.2. The normalized spacial score (nSPS) is 14.4. The van der Waals surface area contributed by atoms with Gasteiger partial charge in [-0.3, -0.25) is 9.59 Å². The van der Waals surface area contributed by atoms with Gasteiger partial charge in [0.25, 0.3) is 5.91 Å². The molecule has 1 N–H and O–H groups in total. The largest absolute Gasteiger partial charge is 0.416 e. The van der Waals surface area contributed by atoms with E-state index in [1.807, 2.05) is 4.57 Å². The molecule has 36 heavy (non-hydrogen) atoms. The Morgan fingerprint density at radius 1 is 1.11 bits per heavy atom. The number of hydrogen-bond donors (Lipinski definition) is 1. The number of nitrogens with one attached hydrogen (secondary N) is 1. The lowest BCUT2D eigenvalue weighted by molar-refractivity contribution is -0.137. The predicted octanol–water partition coefficient (Wildman–Crippen LogP) is 4.90. The Hall–Kier alpha value is -3.40. The van der Waals surface area contributed by atoms with Gasteiger partial charge < -0.3 is 9.88 Å². The van der Waals surface area contributed by atoms with Crippen molar-refractivity contribution in [3.63, 3.8) is 0 Å². The molecule has 1 heterocycles. The summed E-state index contributed by atoms with van der Waals surface area (Å²) in [6, 6.07) is 10.6. The molecule has 2 aromatic carbocycles. The minimum absolute atomic E-state index is 0.0402. The number of nitrogens with zero attached hydrogens (tertiary/aromatic N) is 1. The van der Waals surface area contributed by atoms with Crippen LogP contribution in [0.1, 0.15) is 52.5 Å². The third-order valence-electron chi connectivity index (χ3n) is 6.48. The van der Waals surface area contributed by atoms with E-state index in [1.165, 1.54) is 30.5 Å². The van der Waals surface area contributed by atoms with Gasteiger partial charge in [-0.25, -0.2) is 8.42 Å². The van der Waals surface area contributed by atoms with Gasteiger partial charge in [0, 0.05) is 36.3 Å². The first-order valence-corrected chi connectivity index (χ1v) is 13.3. The van der Waals surface area contributed by atoms with Crippen molar-refractivity contribution in [2.75, 3.05) is 6.26 Å². The van der Waals surface area contributed by atoms with Gasteiger partial charge in [-0.15, -0.1) is 0 Å². The summed E-state index contributed by atoms with van der Waals surface area (Å²) in [6.45, 7) is 1.72. The molecule has 10 heteroatoms. The summed E-state index contributed by atoms with van der Waals surface area (Å²) < 4.78 is 65.1. The zero-order valence-corrected chi connectivity index (χ0v) is 20.5. The van der Waals surface area contributed by atoms with Gasteiger partial charge in [-0.2, -0.15) is 13.2 Å². The van der Waals surface area contributed by atoms with Gasteiger partial charge in [0.05, 0.1) is 10.5 Å². The molecule has 0 aliphatic heterocycles. The first-order valence-electron chi connectivity index (χ1n) is 11.4. The third-order valence-corrected chi connectivity index (χ3v) is 7.61. The third kappa shape index (κ3) is 5.23. The fourth-order valence-electron chi connectivity index (χ4n) is 4.25. The Labute approximate surface area is 206 Å². The van der Waals surface area contributed by atoms with Crippen molar-refractivity contribution in [2.24, 2.45) is 0 Å². The summed E-state index contributed by atoms with van der Waals surface area (Å²) in [5, 5.41) is 2.67. The van der Waals surface area contributed by atoms with Crippen molar-refractivity contribution in [1.29, 1.82) is 0 Å². The second kappa shape index (κ2) is 9.57. The summed E-state index contributed by atoms with van der Waals surface area (Å²) in [6.07, 6.45) is 0.689. The van der Waals surface area contributed by atoms with Crippen molar-refractivity contribution in [2.45, 2.75) is 49.8 Å². The van der Waals surface area contributed by atoms with Crippen LogP contribution in [0.4, 0.5) is 13.2 Å². The minimum atomic E-state index is -4.57. The van der Waals surface area contributed by atoms with Crippen LogP contribution in [0.25, 0.3) is 11.1 Å². The number of aromatic nitrogens is 1. The molecule has 1 aliphatic rings. The molecule has 1 aromatic heterocycles. The van der Waals surface area contributed by atoms with Crippen LogP contribution in [0.5, 0.6) is 0 Å². The second-order valence-corrected chi connectivity index (χ2v) is 11.0. The number of rotatable bonds is 6. The van der Waals surface area contributed by atoms with Gasteiger partial charge in [-0.05, 0) is 61.6 Å². The lowest BCUT2D eigenvalue weighted by Gasteiger charge is -2.31. The molecule has 190 valence electrons. The van der Waals surface area contributed by atoms with Crippen LogP contribution in [0.15, 0.2) is 64.4 Å². The van der Waals surface area contributed by atoms with Crippen LogP contribution in [0.2, 0.25) is 0 Å². The monoisotopic (exact) mass is 518 g/mol. The fourth-order valence-corrected chi connectivity index (χ4v) is 4.88. The molecule has 0 atom stereocenters. The number of halogens is 3. The zero-order valence-electron chi connectivity index (χ0n) is 19.7. The number of sulfone groups is 1. The lowest BCUT2D eigenvalue weighted by atomic mass is 9.90. The van der Waals surface area contributed by atoms with Gasteiger partial charge in [0.15, 0.2) is 9.84 Å². The summed E-state index contributed by atoms with van der Waals surface area (Å²) in [5.41, 5.74) is -0.372. The highest BCUT2D eigenvalue weighted by molar-refractivity contribution is 7.90. The van der Waals surface area contributed by atoms with E-state index < -0.39 is 32.9 Å². The van der Waals surface area contributed by atoms with E-state index in [0.29, 0.717) is 11.3 Å². The van der Waals surface area contributed by atoms with Crippen LogP contribution >= 0.6 is 0 Å². The van der Waals surface area contributed by atoms with E-state index in [4.69, 9.17) is 0 Å². The van der Waals surface area contributed by atoms with Crippen LogP contribution in [-0.2, 0) is 22.6 Å². The van der Waals surface area contributed by atoms with Gasteiger partial charge in [-0.1, -0.05) is 24.3 Å². The number of benzene rings is 2. The molecule has 1 fully saturated rings. The standard InChI is InChI=1S/C26H25F3N2O4S/c1-16-23(18-5-3-6-19(13-18)26(27,28)29)24(32)22(15-31(16)20-7-4-8-20)25(33)30-14-17-9-11-21(12-10-17)36(2,34)35/h3,5-6,9-13,15,20H,4,7-8,14H2,1-2H3,(H,30,33). The molecule has 6 nitrogen and oxygen atoms in total. The minimum Gasteiger partial charge on any atom is -0.348 e. The maximum Gasteiger partial charge on any atom is 0.416 e. The quantitative estimate of drug-likeness (QED) is 0.503. The van der Waals surface area contributed by atoms with Crippen LogP contribution in [-0.4, -0.2) is 25.1 Å². The van der Waals surface area contributed by atoms with Crippen molar-refractivity contribution < 1.29 is 26.4 Å². The molecule has 0 spiro atoms. The molecule has 0 saturated heterocycles. The molecule has 1 aliphatic carbocycles. The molecule has 0 radical (unpaired) electrons. The smallest absolute Gasteiger partial charge is 0.348 e. The summed E-state index contributed by atoms with van der Waals surface area (Å²) in [4.78, 5) is 26.6. The van der Waals surface area contributed by atoms with E-state index >= 15 is 0 Å². The zero-order chi connectivity index (χ0) is 26.3. The first-order chi connectivity index (χ1) is 16.9. The van der Waals surface area contributed by atoms with E-state index in [0.717, 1.165) is 37.7 Å². The summed E-state index contributed by atoms with van der Waals surface area (Å²) >= 11 is 0. The molecule has 0 unspecified atom stereocenters. The molecule has 0 bridgehead atoms. The number of alkyl halides is 3. The first kappa shape index (κ1) is 25.7. The Kier molecular flexibility index (Phi) is 6.83. The van der Waals surface area contributed by atoms with Crippen molar-refractivity contribution >= 4 is 15.7 Å². The van der Waals surface area contributed by atoms with Crippen LogP contribution in [0.3, 0.4) is 0 Å². The van der Waals surface area contributed by atoms with E-state index in [-0.39, 0.29) is 34.2 Å². The SMILES string of the molecule is Cc1c(-c2cccc(C(F)(F)F)c2)c(=O)c(C(=O)NCc2ccc(S(C)(=O)=O)cc2)cn1C1CCC1. The maximum atomic E-state index is 13.4. The topological polar surface area (TPSA) is 85.2 Å². The van der Waals surface area contributed by atoms with Gasteiger partial charge >= 0.3 is 6.18 Å². The summed E-state index contributed by atoms with van der Waals surface area (Å²) in [7, 11) is -3.36. The molecule has 1 saturated carbocycles. The molecular weight excluding hydrogens is 493 g/mol. The average Bonchev–Trinajstić information content (AvgIpc) is 2.77. The molecule has 3 aromatic rings. The Morgan fingerprint density at radius 3 is 2.33 bits per heavy atom. The lowest BCUT2D eigenvalue weighted by Crippen LogP contribution is -2.32. The second-order valence-electron chi connectivity index (χ2n) is 9.00. The Morgan fingerprint density at radius 2 is 1.78 bits per heavy atom. The Balaban J connectivity index is 1.70. The Bertz CT molecular complexity index is 1470. The van der Waals surface area contributed by atoms with Gasteiger partial charge in [0.1, 0.15) is 5.56 Å². The van der Waals surface area contributed by atoms with Crippen LogP contribution in [0, 0.1) is 6.92 Å². The van der Waals surface area contributed by atoms with Gasteiger partial charge in [0.2, 0.25) is 5.43 Å². The molecule has 4 rings (SSSR count). The number of carbonyl (C=O) groups excluding carboxylic acids is 1. The van der Waals surface area contributed by atoms with E-state index in [1.54, 1.807) is 19.1 Å². The van der Waals surface area contributed by atoms with E-state index in [2.05, 4.69) is 5.32 Å². The summed E-state index contributed by atoms with van der Waals surface area (Å²) in [5.74, 6) is -0.659. The maximum absolute atomic E-state index is 13.4. The number of hydrogen-bond acceptors (Lipinski definition) is 4. The number of pyridine rings is 1. The molecular formula is C26H25F3N2O4S. The predicted molar refractivity (Wildman–Crippen MR) is 129 cm³/mol. The molecule has 1 amide bonds. The number of amides is 1. The van der Waals surface area contributed by atoms with Crippen molar-refractivity contribution in [3.8, 4) is 11.1 Å². The van der Waals surface area contributed by atoms with Crippen LogP contribution < -0.4 is 10.7 Å². The highest BCUT2D eigenvalue weighted by Gasteiger charge is 2.31. The fraction of sp³-hybridized carbons (Fsp3) is 0.308.